The van der Waals surface area contributed by atoms with Crippen LogP contribution >= 0.6 is 0 Å². The molecule has 2 aromatic carbocycles. The average Bonchev–Trinajstić information content (AvgIpc) is 2.45. The number of hydrogen-bond acceptors (Lipinski definition) is 3. The number of ketones is 1. The van der Waals surface area contributed by atoms with Crippen LogP contribution in [0.25, 0.3) is 0 Å². The van der Waals surface area contributed by atoms with Gasteiger partial charge in [0.1, 0.15) is 34.8 Å². The monoisotopic (exact) mass is 314 g/mol. The van der Waals surface area contributed by atoms with E-state index in [4.69, 9.17) is 0 Å². The van der Waals surface area contributed by atoms with Crippen LogP contribution in [0.15, 0.2) is 24.3 Å². The third-order valence-electron chi connectivity index (χ3n) is 2.96. The maximum Gasteiger partial charge on any atom is 0.204 e. The van der Waals surface area contributed by atoms with Crippen LogP contribution in [0.3, 0.4) is 0 Å². The van der Waals surface area contributed by atoms with Crippen molar-refractivity contribution < 1.29 is 31.8 Å². The topological polar surface area (TPSA) is 35.5 Å². The predicted molar refractivity (Wildman–Crippen MR) is 69.3 cm³/mol. The second-order valence-electron chi connectivity index (χ2n) is 4.26. The van der Waals surface area contributed by atoms with E-state index in [2.05, 4.69) is 9.47 Å². The van der Waals surface area contributed by atoms with Crippen LogP contribution in [0, 0.1) is 23.3 Å². The van der Waals surface area contributed by atoms with Crippen LogP contribution in [0.2, 0.25) is 0 Å². The number of carbonyl (C=O) groups excluding carboxylic acids is 1. The molecule has 2 aromatic rings. The molecule has 0 unspecified atom stereocenters. The SMILES string of the molecule is COc1cc(F)c(C(=O)c2c(F)cc(OC)cc2F)c(F)c1. The maximum absolute atomic E-state index is 13.8. The molecule has 116 valence electrons. The van der Waals surface area contributed by atoms with Gasteiger partial charge in [-0.15, -0.1) is 0 Å². The molecular formula is C15H10F4O3. The Hall–Kier alpha value is -2.57. The first-order valence-electron chi connectivity index (χ1n) is 5.99. The summed E-state index contributed by atoms with van der Waals surface area (Å²) in [6, 6.07) is 2.98. The molecule has 3 nitrogen and oxygen atoms in total. The highest BCUT2D eigenvalue weighted by Crippen LogP contribution is 2.27. The van der Waals surface area contributed by atoms with E-state index in [0.717, 1.165) is 24.3 Å². The van der Waals surface area contributed by atoms with Gasteiger partial charge in [-0.05, 0) is 0 Å². The van der Waals surface area contributed by atoms with Crippen LogP contribution in [0.5, 0.6) is 11.5 Å². The molecule has 0 spiro atoms. The van der Waals surface area contributed by atoms with Gasteiger partial charge in [0, 0.05) is 24.3 Å². The Morgan fingerprint density at radius 1 is 0.727 bits per heavy atom. The summed E-state index contributed by atoms with van der Waals surface area (Å²) in [6.45, 7) is 0. The summed E-state index contributed by atoms with van der Waals surface area (Å²) in [6.07, 6.45) is 0. The lowest BCUT2D eigenvalue weighted by molar-refractivity contribution is 0.102. The standard InChI is InChI=1S/C15H10F4O3/c1-21-7-3-9(16)13(10(17)4-7)15(20)14-11(18)5-8(22-2)6-12(14)19/h3-6H,1-2H3. The largest absolute Gasteiger partial charge is 0.497 e. The van der Waals surface area contributed by atoms with Gasteiger partial charge >= 0.3 is 0 Å². The Morgan fingerprint density at radius 3 is 1.23 bits per heavy atom. The second kappa shape index (κ2) is 6.05. The van der Waals surface area contributed by atoms with Crippen LogP contribution in [-0.4, -0.2) is 20.0 Å². The summed E-state index contributed by atoms with van der Waals surface area (Å²) in [5.74, 6) is -6.90. The van der Waals surface area contributed by atoms with Crippen molar-refractivity contribution in [3.05, 3.63) is 58.7 Å². The van der Waals surface area contributed by atoms with Crippen molar-refractivity contribution in [2.24, 2.45) is 0 Å². The third-order valence-corrected chi connectivity index (χ3v) is 2.96. The molecule has 22 heavy (non-hydrogen) atoms. The molecule has 0 saturated carbocycles. The molecule has 0 amide bonds. The molecule has 0 heterocycles. The van der Waals surface area contributed by atoms with Crippen molar-refractivity contribution >= 4 is 5.78 Å². The van der Waals surface area contributed by atoms with E-state index >= 15 is 0 Å². The molecule has 0 aliphatic heterocycles. The first kappa shape index (κ1) is 15.8. The lowest BCUT2D eigenvalue weighted by Gasteiger charge is -2.09. The predicted octanol–water partition coefficient (Wildman–Crippen LogP) is 3.49. The zero-order valence-corrected chi connectivity index (χ0v) is 11.5. The van der Waals surface area contributed by atoms with Crippen LogP contribution in [-0.2, 0) is 0 Å². The summed E-state index contributed by atoms with van der Waals surface area (Å²) in [7, 11) is 2.36. The second-order valence-corrected chi connectivity index (χ2v) is 4.26. The average molecular weight is 314 g/mol. The van der Waals surface area contributed by atoms with Gasteiger partial charge in [-0.25, -0.2) is 17.6 Å². The van der Waals surface area contributed by atoms with Crippen molar-refractivity contribution in [3.63, 3.8) is 0 Å². The first-order valence-corrected chi connectivity index (χ1v) is 5.99. The Kier molecular flexibility index (Phi) is 4.35. The molecule has 0 aromatic heterocycles. The summed E-state index contributed by atoms with van der Waals surface area (Å²) in [4.78, 5) is 12.1. The number of halogens is 4. The Labute approximate surface area is 123 Å². The highest BCUT2D eigenvalue weighted by Gasteiger charge is 2.26. The Morgan fingerprint density at radius 2 is 1.00 bits per heavy atom. The molecule has 0 bridgehead atoms. The van der Waals surface area contributed by atoms with Gasteiger partial charge < -0.3 is 9.47 Å². The van der Waals surface area contributed by atoms with Gasteiger partial charge in [-0.3, -0.25) is 4.79 Å². The smallest absolute Gasteiger partial charge is 0.204 e. The molecule has 7 heteroatoms. The van der Waals surface area contributed by atoms with Crippen molar-refractivity contribution in [2.75, 3.05) is 14.2 Å². The fourth-order valence-corrected chi connectivity index (χ4v) is 1.89. The van der Waals surface area contributed by atoms with Crippen molar-refractivity contribution in [3.8, 4) is 11.5 Å². The van der Waals surface area contributed by atoms with Gasteiger partial charge in [-0.1, -0.05) is 0 Å². The summed E-state index contributed by atoms with van der Waals surface area (Å²) >= 11 is 0. The number of methoxy groups -OCH3 is 2. The van der Waals surface area contributed by atoms with Gasteiger partial charge in [-0.2, -0.15) is 0 Å². The van der Waals surface area contributed by atoms with Gasteiger partial charge in [0.05, 0.1) is 25.3 Å². The number of ether oxygens (including phenoxy) is 2. The first-order chi connectivity index (χ1) is 10.4. The van der Waals surface area contributed by atoms with Gasteiger partial charge in [0.25, 0.3) is 0 Å². The van der Waals surface area contributed by atoms with E-state index in [1.807, 2.05) is 0 Å². The highest BCUT2D eigenvalue weighted by atomic mass is 19.1. The molecule has 0 atom stereocenters. The van der Waals surface area contributed by atoms with Crippen LogP contribution in [0.4, 0.5) is 17.6 Å². The molecule has 2 rings (SSSR count). The van der Waals surface area contributed by atoms with Crippen molar-refractivity contribution in [1.29, 1.82) is 0 Å². The number of hydrogen-bond donors (Lipinski definition) is 0. The number of rotatable bonds is 4. The molecule has 0 aliphatic carbocycles. The maximum atomic E-state index is 13.8. The number of benzene rings is 2. The minimum absolute atomic E-state index is 0.165. The molecule has 0 N–H and O–H groups in total. The van der Waals surface area contributed by atoms with E-state index in [9.17, 15) is 22.4 Å². The number of carbonyl (C=O) groups is 1. The minimum Gasteiger partial charge on any atom is -0.497 e. The van der Waals surface area contributed by atoms with E-state index in [-0.39, 0.29) is 11.5 Å². The van der Waals surface area contributed by atoms with Crippen LogP contribution in [0.1, 0.15) is 15.9 Å². The third kappa shape index (κ3) is 2.74. The Bertz CT molecular complexity index is 636. The molecule has 0 saturated heterocycles. The fourth-order valence-electron chi connectivity index (χ4n) is 1.89. The molecule has 0 aliphatic rings. The van der Waals surface area contributed by atoms with E-state index < -0.39 is 40.2 Å². The van der Waals surface area contributed by atoms with E-state index in [1.165, 1.54) is 14.2 Å². The Balaban J connectivity index is 2.59. The zero-order chi connectivity index (χ0) is 16.4. The van der Waals surface area contributed by atoms with Crippen LogP contribution < -0.4 is 9.47 Å². The highest BCUT2D eigenvalue weighted by molar-refractivity contribution is 6.09. The quantitative estimate of drug-likeness (QED) is 0.640. The summed E-state index contributed by atoms with van der Waals surface area (Å²) in [5.41, 5.74) is -2.13. The van der Waals surface area contributed by atoms with E-state index in [0.29, 0.717) is 0 Å². The van der Waals surface area contributed by atoms with Crippen molar-refractivity contribution in [1.82, 2.24) is 0 Å². The summed E-state index contributed by atoms with van der Waals surface area (Å²) < 4.78 is 64.6. The minimum atomic E-state index is -1.45. The van der Waals surface area contributed by atoms with Gasteiger partial charge in [0.2, 0.25) is 5.78 Å². The van der Waals surface area contributed by atoms with Crippen molar-refractivity contribution in [2.45, 2.75) is 0 Å². The van der Waals surface area contributed by atoms with Gasteiger partial charge in [0.15, 0.2) is 0 Å². The molecular weight excluding hydrogens is 304 g/mol. The molecule has 0 fully saturated rings. The lowest BCUT2D eigenvalue weighted by atomic mass is 10.0. The van der Waals surface area contributed by atoms with E-state index in [1.54, 1.807) is 0 Å². The molecule has 0 radical (unpaired) electrons. The lowest BCUT2D eigenvalue weighted by Crippen LogP contribution is -2.12. The zero-order valence-electron chi connectivity index (χ0n) is 11.5. The summed E-state index contributed by atoms with van der Waals surface area (Å²) in [5, 5.41) is 0. The fraction of sp³-hybridized carbons (Fsp3) is 0.133. The normalized spacial score (nSPS) is 10.5.